The number of methoxy groups -OCH3 is 1. The Kier molecular flexibility index (Phi) is 5.73. The maximum Gasteiger partial charge on any atom is 0.130 e. The van der Waals surface area contributed by atoms with Crippen LogP contribution in [-0.4, -0.2) is 41.7 Å². The number of hydrogen-bond acceptors (Lipinski definition) is 4. The quantitative estimate of drug-likeness (QED) is 0.817. The van der Waals surface area contributed by atoms with Crippen molar-refractivity contribution in [1.82, 2.24) is 14.9 Å². The number of ether oxygens (including phenoxy) is 1. The average Bonchev–Trinajstić information content (AvgIpc) is 2.63. The predicted octanol–water partition coefficient (Wildman–Crippen LogP) is 2.29. The molecule has 19 heavy (non-hydrogen) atoms. The van der Waals surface area contributed by atoms with Crippen LogP contribution in [0.5, 0.6) is 0 Å². The molecule has 0 spiro atoms. The predicted molar refractivity (Wildman–Crippen MR) is 75.9 cm³/mol. The van der Waals surface area contributed by atoms with Gasteiger partial charge >= 0.3 is 0 Å². The average molecular weight is 263 g/mol. The highest BCUT2D eigenvalue weighted by Gasteiger charge is 2.14. The van der Waals surface area contributed by atoms with Gasteiger partial charge in [0.25, 0.3) is 0 Å². The highest BCUT2D eigenvalue weighted by atomic mass is 16.5. The largest absolute Gasteiger partial charge is 0.384 e. The molecule has 0 aliphatic carbocycles. The van der Waals surface area contributed by atoms with Crippen LogP contribution < -0.4 is 0 Å². The molecule has 1 saturated heterocycles. The number of hydrogen-bond donors (Lipinski definition) is 0. The Morgan fingerprint density at radius 1 is 1.26 bits per heavy atom. The third-order valence-electron chi connectivity index (χ3n) is 3.80. The van der Waals surface area contributed by atoms with Crippen LogP contribution in [0.15, 0.2) is 12.4 Å². The number of rotatable bonds is 5. The van der Waals surface area contributed by atoms with Crippen molar-refractivity contribution in [3.63, 3.8) is 0 Å². The van der Waals surface area contributed by atoms with E-state index in [-0.39, 0.29) is 0 Å². The second-order valence-electron chi connectivity index (χ2n) is 5.56. The van der Waals surface area contributed by atoms with Gasteiger partial charge in [-0.25, -0.2) is 9.97 Å². The molecule has 1 aliphatic rings. The lowest BCUT2D eigenvalue weighted by molar-refractivity contribution is 0.200. The van der Waals surface area contributed by atoms with Crippen LogP contribution in [0.1, 0.15) is 37.6 Å². The smallest absolute Gasteiger partial charge is 0.130 e. The minimum absolute atomic E-state index is 0.684. The van der Waals surface area contributed by atoms with Crippen LogP contribution in [0.3, 0.4) is 0 Å². The van der Waals surface area contributed by atoms with Gasteiger partial charge in [0, 0.05) is 38.0 Å². The van der Waals surface area contributed by atoms with E-state index >= 15 is 0 Å². The summed E-state index contributed by atoms with van der Waals surface area (Å²) in [6, 6.07) is 0. The van der Waals surface area contributed by atoms with Crippen molar-refractivity contribution in [1.29, 1.82) is 0 Å². The van der Waals surface area contributed by atoms with Crippen LogP contribution >= 0.6 is 0 Å². The number of aromatic nitrogens is 2. The Balaban J connectivity index is 1.84. The van der Waals surface area contributed by atoms with Gasteiger partial charge in [0.05, 0.1) is 6.61 Å². The SMILES string of the molecule is COCCc1ncc(CN2CCCC(C)CC2)cn1. The molecule has 1 unspecified atom stereocenters. The first-order valence-corrected chi connectivity index (χ1v) is 7.29. The van der Waals surface area contributed by atoms with Gasteiger partial charge < -0.3 is 4.74 Å². The topological polar surface area (TPSA) is 38.2 Å². The minimum atomic E-state index is 0.684. The van der Waals surface area contributed by atoms with Crippen molar-refractivity contribution >= 4 is 0 Å². The van der Waals surface area contributed by atoms with Crippen molar-refractivity contribution in [2.24, 2.45) is 5.92 Å². The molecule has 4 nitrogen and oxygen atoms in total. The summed E-state index contributed by atoms with van der Waals surface area (Å²) < 4.78 is 5.03. The van der Waals surface area contributed by atoms with Gasteiger partial charge in [0.1, 0.15) is 5.82 Å². The minimum Gasteiger partial charge on any atom is -0.384 e. The van der Waals surface area contributed by atoms with E-state index in [9.17, 15) is 0 Å². The Labute approximate surface area is 116 Å². The second kappa shape index (κ2) is 7.56. The molecular formula is C15H25N3O. The molecule has 2 heterocycles. The summed E-state index contributed by atoms with van der Waals surface area (Å²) in [7, 11) is 1.70. The summed E-state index contributed by atoms with van der Waals surface area (Å²) in [4.78, 5) is 11.3. The third kappa shape index (κ3) is 4.88. The summed E-state index contributed by atoms with van der Waals surface area (Å²) in [6.07, 6.45) is 8.71. The lowest BCUT2D eigenvalue weighted by Gasteiger charge is -2.19. The summed E-state index contributed by atoms with van der Waals surface area (Å²) >= 11 is 0. The van der Waals surface area contributed by atoms with E-state index in [0.29, 0.717) is 6.61 Å². The molecule has 2 rings (SSSR count). The fourth-order valence-corrected chi connectivity index (χ4v) is 2.52. The molecule has 0 bridgehead atoms. The molecule has 1 aliphatic heterocycles. The van der Waals surface area contributed by atoms with Crippen molar-refractivity contribution in [2.75, 3.05) is 26.8 Å². The summed E-state index contributed by atoms with van der Waals surface area (Å²) in [5, 5.41) is 0. The van der Waals surface area contributed by atoms with Crippen molar-refractivity contribution < 1.29 is 4.74 Å². The van der Waals surface area contributed by atoms with E-state index in [1.165, 1.54) is 37.9 Å². The van der Waals surface area contributed by atoms with Crippen LogP contribution in [0.2, 0.25) is 0 Å². The summed E-state index contributed by atoms with van der Waals surface area (Å²) in [5.74, 6) is 1.74. The zero-order valence-corrected chi connectivity index (χ0v) is 12.1. The lowest BCUT2D eigenvalue weighted by Crippen LogP contribution is -2.24. The van der Waals surface area contributed by atoms with Gasteiger partial charge in [-0.15, -0.1) is 0 Å². The first kappa shape index (κ1) is 14.4. The highest BCUT2D eigenvalue weighted by molar-refractivity contribution is 5.05. The van der Waals surface area contributed by atoms with Crippen LogP contribution in [0.25, 0.3) is 0 Å². The zero-order chi connectivity index (χ0) is 13.5. The molecule has 0 saturated carbocycles. The van der Waals surface area contributed by atoms with E-state index in [1.54, 1.807) is 7.11 Å². The zero-order valence-electron chi connectivity index (χ0n) is 12.1. The molecule has 1 atom stereocenters. The van der Waals surface area contributed by atoms with Crippen LogP contribution in [0.4, 0.5) is 0 Å². The molecule has 0 aromatic carbocycles. The van der Waals surface area contributed by atoms with E-state index < -0.39 is 0 Å². The molecule has 1 aromatic heterocycles. The maximum absolute atomic E-state index is 5.03. The van der Waals surface area contributed by atoms with Gasteiger partial charge in [-0.3, -0.25) is 4.90 Å². The Morgan fingerprint density at radius 3 is 2.79 bits per heavy atom. The normalized spacial score (nSPS) is 21.3. The molecule has 0 amide bonds. The van der Waals surface area contributed by atoms with Crippen LogP contribution in [-0.2, 0) is 17.7 Å². The van der Waals surface area contributed by atoms with Gasteiger partial charge in [-0.1, -0.05) is 6.92 Å². The van der Waals surface area contributed by atoms with E-state index in [2.05, 4.69) is 21.8 Å². The van der Waals surface area contributed by atoms with Crippen molar-refractivity contribution in [2.45, 2.75) is 39.2 Å². The molecule has 0 N–H and O–H groups in total. The monoisotopic (exact) mass is 263 g/mol. The molecular weight excluding hydrogens is 238 g/mol. The van der Waals surface area contributed by atoms with Gasteiger partial charge in [0.15, 0.2) is 0 Å². The van der Waals surface area contributed by atoms with Crippen LogP contribution in [0, 0.1) is 5.92 Å². The Hall–Kier alpha value is -1.00. The summed E-state index contributed by atoms with van der Waals surface area (Å²) in [6.45, 7) is 6.43. The Bertz CT molecular complexity index is 366. The highest BCUT2D eigenvalue weighted by Crippen LogP contribution is 2.17. The van der Waals surface area contributed by atoms with E-state index in [0.717, 1.165) is 24.7 Å². The first-order valence-electron chi connectivity index (χ1n) is 7.29. The summed E-state index contributed by atoms with van der Waals surface area (Å²) in [5.41, 5.74) is 1.22. The molecule has 1 aromatic rings. The lowest BCUT2D eigenvalue weighted by atomic mass is 10.0. The van der Waals surface area contributed by atoms with Gasteiger partial charge in [-0.2, -0.15) is 0 Å². The van der Waals surface area contributed by atoms with E-state index in [4.69, 9.17) is 4.74 Å². The first-order chi connectivity index (χ1) is 9.28. The molecule has 1 fully saturated rings. The van der Waals surface area contributed by atoms with Crippen molar-refractivity contribution in [3.8, 4) is 0 Å². The fraction of sp³-hybridized carbons (Fsp3) is 0.733. The second-order valence-corrected chi connectivity index (χ2v) is 5.56. The van der Waals surface area contributed by atoms with Crippen molar-refractivity contribution in [3.05, 3.63) is 23.8 Å². The van der Waals surface area contributed by atoms with E-state index in [1.807, 2.05) is 12.4 Å². The molecule has 4 heteroatoms. The van der Waals surface area contributed by atoms with Gasteiger partial charge in [-0.05, 0) is 38.3 Å². The molecule has 0 radical (unpaired) electrons. The number of likely N-dealkylation sites (tertiary alicyclic amines) is 1. The standard InChI is InChI=1S/C15H25N3O/c1-13-4-3-7-18(8-5-13)12-14-10-16-15(17-11-14)6-9-19-2/h10-11,13H,3-9,12H2,1-2H3. The third-order valence-corrected chi connectivity index (χ3v) is 3.80. The Morgan fingerprint density at radius 2 is 2.05 bits per heavy atom. The maximum atomic E-state index is 5.03. The van der Waals surface area contributed by atoms with Gasteiger partial charge in [0.2, 0.25) is 0 Å². The molecule has 106 valence electrons. The number of nitrogens with zero attached hydrogens (tertiary/aromatic N) is 3. The fourth-order valence-electron chi connectivity index (χ4n) is 2.52.